The van der Waals surface area contributed by atoms with Gasteiger partial charge in [0.05, 0.1) is 5.69 Å². The number of hydrogen-bond acceptors (Lipinski definition) is 4. The van der Waals surface area contributed by atoms with Gasteiger partial charge in [0.15, 0.2) is 0 Å². The van der Waals surface area contributed by atoms with Crippen molar-refractivity contribution < 1.29 is 9.32 Å². The third-order valence-electron chi connectivity index (χ3n) is 1.97. The fourth-order valence-corrected chi connectivity index (χ4v) is 1.22. The number of carbonyl (C=O) groups excluding carboxylic acids is 1. The summed E-state index contributed by atoms with van der Waals surface area (Å²) in [5, 5.41) is 9.61. The molecule has 0 saturated carbocycles. The number of nitrogens with zero attached hydrogens (tertiary/aromatic N) is 1. The van der Waals surface area contributed by atoms with Crippen LogP contribution < -0.4 is 10.6 Å². The molecule has 0 aliphatic heterocycles. The average Bonchev–Trinajstić information content (AvgIpc) is 2.62. The highest BCUT2D eigenvalue weighted by molar-refractivity contribution is 5.91. The number of carbonyl (C=O) groups is 1. The van der Waals surface area contributed by atoms with Crippen molar-refractivity contribution in [2.45, 2.75) is 26.8 Å². The minimum atomic E-state index is -0.222. The molecule has 0 saturated heterocycles. The first kappa shape index (κ1) is 14.9. The van der Waals surface area contributed by atoms with Gasteiger partial charge in [0.2, 0.25) is 5.76 Å². The van der Waals surface area contributed by atoms with Gasteiger partial charge in [0.25, 0.3) is 5.91 Å². The summed E-state index contributed by atoms with van der Waals surface area (Å²) in [7, 11) is 0. The van der Waals surface area contributed by atoms with Crippen LogP contribution in [-0.4, -0.2) is 30.2 Å². The van der Waals surface area contributed by atoms with Crippen molar-refractivity contribution in [2.75, 3.05) is 13.1 Å². The average molecular weight is 248 g/mol. The Morgan fingerprint density at radius 2 is 2.31 bits per heavy atom. The van der Waals surface area contributed by atoms with E-state index in [-0.39, 0.29) is 30.1 Å². The van der Waals surface area contributed by atoms with Gasteiger partial charge in [-0.3, -0.25) is 4.79 Å². The largest absolute Gasteiger partial charge is 0.351 e. The van der Waals surface area contributed by atoms with Crippen molar-refractivity contribution in [3.05, 3.63) is 17.5 Å². The van der Waals surface area contributed by atoms with E-state index in [4.69, 9.17) is 4.52 Å². The lowest BCUT2D eigenvalue weighted by Gasteiger charge is -2.11. The van der Waals surface area contributed by atoms with E-state index in [1.165, 1.54) is 0 Å². The Morgan fingerprint density at radius 3 is 2.81 bits per heavy atom. The molecule has 16 heavy (non-hydrogen) atoms. The monoisotopic (exact) mass is 247 g/mol. The summed E-state index contributed by atoms with van der Waals surface area (Å²) in [5.41, 5.74) is 0.708. The van der Waals surface area contributed by atoms with Crippen LogP contribution in [0.4, 0.5) is 0 Å². The van der Waals surface area contributed by atoms with Crippen LogP contribution in [0.25, 0.3) is 0 Å². The van der Waals surface area contributed by atoms with Crippen LogP contribution in [0.3, 0.4) is 0 Å². The van der Waals surface area contributed by atoms with Crippen molar-refractivity contribution in [3.8, 4) is 0 Å². The number of aryl methyl sites for hydroxylation is 1. The fraction of sp³-hybridized carbons (Fsp3) is 0.600. The Hall–Kier alpha value is -1.07. The molecule has 0 fully saturated rings. The molecule has 0 aliphatic rings. The van der Waals surface area contributed by atoms with Crippen LogP contribution in [0.1, 0.15) is 30.1 Å². The van der Waals surface area contributed by atoms with Crippen LogP contribution in [0.2, 0.25) is 0 Å². The summed E-state index contributed by atoms with van der Waals surface area (Å²) in [5.74, 6) is 0.0385. The quantitative estimate of drug-likeness (QED) is 0.819. The van der Waals surface area contributed by atoms with Crippen molar-refractivity contribution in [1.29, 1.82) is 0 Å². The first-order valence-electron chi connectivity index (χ1n) is 5.08. The normalized spacial score (nSPS) is 11.7. The Bertz CT molecular complexity index is 328. The number of likely N-dealkylation sites (N-methyl/N-ethyl adjacent to an activating group) is 1. The van der Waals surface area contributed by atoms with E-state index < -0.39 is 0 Å². The molecule has 1 aromatic rings. The van der Waals surface area contributed by atoms with Crippen molar-refractivity contribution in [1.82, 2.24) is 15.8 Å². The molecule has 1 heterocycles. The van der Waals surface area contributed by atoms with Gasteiger partial charge in [0, 0.05) is 18.7 Å². The third kappa shape index (κ3) is 4.63. The summed E-state index contributed by atoms with van der Waals surface area (Å²) in [6.45, 7) is 7.28. The number of amides is 1. The minimum absolute atomic E-state index is 0. The number of hydrogen-bond donors (Lipinski definition) is 2. The van der Waals surface area contributed by atoms with E-state index in [1.54, 1.807) is 13.0 Å². The molecule has 2 N–H and O–H groups in total. The zero-order valence-corrected chi connectivity index (χ0v) is 10.6. The van der Waals surface area contributed by atoms with Gasteiger partial charge < -0.3 is 15.2 Å². The molecule has 0 radical (unpaired) electrons. The zero-order valence-electron chi connectivity index (χ0n) is 9.74. The van der Waals surface area contributed by atoms with Crippen LogP contribution in [0.15, 0.2) is 10.6 Å². The van der Waals surface area contributed by atoms with Crippen LogP contribution >= 0.6 is 12.4 Å². The molecular weight excluding hydrogens is 230 g/mol. The van der Waals surface area contributed by atoms with Crippen LogP contribution in [0.5, 0.6) is 0 Å². The lowest BCUT2D eigenvalue weighted by atomic mass is 10.3. The molecule has 0 unspecified atom stereocenters. The maximum atomic E-state index is 11.5. The molecular formula is C10H18ClN3O2. The fourth-order valence-electron chi connectivity index (χ4n) is 1.22. The predicted octanol–water partition coefficient (Wildman–Crippen LogP) is 1.13. The Labute approximate surface area is 101 Å². The van der Waals surface area contributed by atoms with Gasteiger partial charge in [-0.2, -0.15) is 0 Å². The molecule has 1 aromatic heterocycles. The van der Waals surface area contributed by atoms with Gasteiger partial charge in [-0.05, 0) is 20.4 Å². The molecule has 0 aromatic carbocycles. The Kier molecular flexibility index (Phi) is 6.76. The second-order valence-corrected chi connectivity index (χ2v) is 3.50. The Balaban J connectivity index is 0.00000225. The van der Waals surface area contributed by atoms with E-state index in [1.807, 2.05) is 13.8 Å². The van der Waals surface area contributed by atoms with Gasteiger partial charge in [-0.1, -0.05) is 12.1 Å². The highest BCUT2D eigenvalue weighted by Crippen LogP contribution is 2.01. The Morgan fingerprint density at radius 1 is 1.62 bits per heavy atom. The van der Waals surface area contributed by atoms with E-state index in [0.29, 0.717) is 12.2 Å². The summed E-state index contributed by atoms with van der Waals surface area (Å²) >= 11 is 0. The highest BCUT2D eigenvalue weighted by Gasteiger charge is 2.11. The van der Waals surface area contributed by atoms with Crippen LogP contribution in [-0.2, 0) is 0 Å². The number of halogens is 1. The van der Waals surface area contributed by atoms with E-state index in [0.717, 1.165) is 6.54 Å². The predicted molar refractivity (Wildman–Crippen MR) is 64.0 cm³/mol. The second kappa shape index (κ2) is 7.24. The second-order valence-electron chi connectivity index (χ2n) is 3.50. The first-order valence-corrected chi connectivity index (χ1v) is 5.08. The first-order chi connectivity index (χ1) is 7.13. The number of rotatable bonds is 5. The topological polar surface area (TPSA) is 67.2 Å². The van der Waals surface area contributed by atoms with Gasteiger partial charge in [0.1, 0.15) is 0 Å². The lowest BCUT2D eigenvalue weighted by Crippen LogP contribution is -2.38. The molecule has 92 valence electrons. The lowest BCUT2D eigenvalue weighted by molar-refractivity contribution is 0.0913. The molecule has 1 amide bonds. The zero-order chi connectivity index (χ0) is 11.3. The third-order valence-corrected chi connectivity index (χ3v) is 1.97. The molecule has 0 bridgehead atoms. The van der Waals surface area contributed by atoms with Gasteiger partial charge in [-0.15, -0.1) is 12.4 Å². The summed E-state index contributed by atoms with van der Waals surface area (Å²) in [4.78, 5) is 11.5. The SMILES string of the molecule is CCN[C@H](C)CNC(=O)c1cc(C)no1.Cl. The molecule has 6 heteroatoms. The minimum Gasteiger partial charge on any atom is -0.351 e. The van der Waals surface area contributed by atoms with Crippen molar-refractivity contribution in [3.63, 3.8) is 0 Å². The van der Waals surface area contributed by atoms with Gasteiger partial charge in [-0.25, -0.2) is 0 Å². The molecule has 1 atom stereocenters. The van der Waals surface area contributed by atoms with E-state index in [2.05, 4.69) is 15.8 Å². The summed E-state index contributed by atoms with van der Waals surface area (Å²) in [6.07, 6.45) is 0. The van der Waals surface area contributed by atoms with Crippen molar-refractivity contribution >= 4 is 18.3 Å². The summed E-state index contributed by atoms with van der Waals surface area (Å²) < 4.78 is 4.84. The van der Waals surface area contributed by atoms with Gasteiger partial charge >= 0.3 is 0 Å². The van der Waals surface area contributed by atoms with Crippen molar-refractivity contribution in [2.24, 2.45) is 0 Å². The maximum Gasteiger partial charge on any atom is 0.289 e. The highest BCUT2D eigenvalue weighted by atomic mass is 35.5. The number of aromatic nitrogens is 1. The molecule has 5 nitrogen and oxygen atoms in total. The standard InChI is InChI=1S/C10H17N3O2.ClH/c1-4-11-8(3)6-12-10(14)9-5-7(2)13-15-9;/h5,8,11H,4,6H2,1-3H3,(H,12,14);1H/t8-;/m1./s1. The molecule has 1 rings (SSSR count). The molecule has 0 spiro atoms. The summed E-state index contributed by atoms with van der Waals surface area (Å²) in [6, 6.07) is 1.87. The van der Waals surface area contributed by atoms with Crippen LogP contribution in [0, 0.1) is 6.92 Å². The maximum absolute atomic E-state index is 11.5. The van der Waals surface area contributed by atoms with E-state index >= 15 is 0 Å². The smallest absolute Gasteiger partial charge is 0.289 e. The molecule has 0 aliphatic carbocycles. The van der Waals surface area contributed by atoms with E-state index in [9.17, 15) is 4.79 Å². The number of nitrogens with one attached hydrogen (secondary N) is 2.